The summed E-state index contributed by atoms with van der Waals surface area (Å²) >= 11 is 1.58. The number of likely N-dealkylation sites (N-methyl/N-ethyl adjacent to an activating group) is 1. The predicted molar refractivity (Wildman–Crippen MR) is 94.8 cm³/mol. The lowest BCUT2D eigenvalue weighted by Gasteiger charge is -2.24. The zero-order chi connectivity index (χ0) is 16.8. The number of carbonyl (C=O) groups is 1. The summed E-state index contributed by atoms with van der Waals surface area (Å²) in [6.07, 6.45) is 4.15. The van der Waals surface area contributed by atoms with Gasteiger partial charge in [0.15, 0.2) is 0 Å². The fourth-order valence-corrected chi connectivity index (χ4v) is 2.77. The number of aromatic nitrogens is 1. The van der Waals surface area contributed by atoms with Gasteiger partial charge in [-0.3, -0.25) is 4.79 Å². The Morgan fingerprint density at radius 1 is 1.39 bits per heavy atom. The molecular formula is C18H22N2O2S. The van der Waals surface area contributed by atoms with Crippen molar-refractivity contribution in [3.8, 4) is 5.75 Å². The second-order valence-electron chi connectivity index (χ2n) is 5.48. The average Bonchev–Trinajstić information content (AvgIpc) is 2.98. The van der Waals surface area contributed by atoms with Crippen molar-refractivity contribution in [2.45, 2.75) is 26.3 Å². The molecule has 5 heteroatoms. The van der Waals surface area contributed by atoms with Gasteiger partial charge in [0.05, 0.1) is 17.8 Å². The molecule has 0 saturated heterocycles. The average molecular weight is 330 g/mol. The number of hydrogen-bond donors (Lipinski definition) is 0. The van der Waals surface area contributed by atoms with E-state index in [0.717, 1.165) is 22.9 Å². The van der Waals surface area contributed by atoms with E-state index < -0.39 is 0 Å². The molecule has 122 valence electrons. The highest BCUT2D eigenvalue weighted by Gasteiger charge is 2.14. The van der Waals surface area contributed by atoms with Crippen molar-refractivity contribution in [2.24, 2.45) is 0 Å². The molecule has 2 rings (SSSR count). The Bertz CT molecular complexity index is 677. The van der Waals surface area contributed by atoms with E-state index >= 15 is 0 Å². The van der Waals surface area contributed by atoms with Crippen molar-refractivity contribution < 1.29 is 9.53 Å². The van der Waals surface area contributed by atoms with Crippen molar-refractivity contribution in [2.75, 3.05) is 14.2 Å². The Morgan fingerprint density at radius 3 is 2.65 bits per heavy atom. The summed E-state index contributed by atoms with van der Waals surface area (Å²) in [5.74, 6) is 0.823. The summed E-state index contributed by atoms with van der Waals surface area (Å²) in [6, 6.07) is 8.05. The zero-order valence-electron chi connectivity index (χ0n) is 13.9. The lowest BCUT2D eigenvalue weighted by Crippen LogP contribution is -2.35. The smallest absolute Gasteiger partial charge is 0.246 e. The molecule has 1 amide bonds. The van der Waals surface area contributed by atoms with Crippen LogP contribution in [0.3, 0.4) is 0 Å². The third kappa shape index (κ3) is 4.93. The highest BCUT2D eigenvalue weighted by molar-refractivity contribution is 7.09. The second-order valence-corrected chi connectivity index (χ2v) is 6.54. The van der Waals surface area contributed by atoms with Gasteiger partial charge in [-0.15, -0.1) is 11.3 Å². The number of nitrogens with zero attached hydrogens (tertiary/aromatic N) is 2. The minimum atomic E-state index is -0.0170. The number of ether oxygens (including phenoxy) is 1. The summed E-state index contributed by atoms with van der Waals surface area (Å²) in [6.45, 7) is 4.00. The van der Waals surface area contributed by atoms with Gasteiger partial charge in [0.25, 0.3) is 0 Å². The monoisotopic (exact) mass is 330 g/mol. The third-order valence-electron chi connectivity index (χ3n) is 3.73. The zero-order valence-corrected chi connectivity index (χ0v) is 14.8. The van der Waals surface area contributed by atoms with Gasteiger partial charge >= 0.3 is 0 Å². The molecule has 0 aliphatic carbocycles. The SMILES string of the molecule is COc1ccc(C[C@@H](C)N(C)C(=O)/C=C/c2csc(C)n2)cc1. The Labute approximate surface area is 141 Å². The molecule has 1 aromatic heterocycles. The number of thiazole rings is 1. The molecule has 23 heavy (non-hydrogen) atoms. The molecule has 0 aliphatic heterocycles. The maximum absolute atomic E-state index is 12.3. The predicted octanol–water partition coefficient (Wildman–Crippen LogP) is 3.56. The number of carbonyl (C=O) groups excluding carboxylic acids is 1. The van der Waals surface area contributed by atoms with E-state index in [4.69, 9.17) is 4.74 Å². The molecule has 0 N–H and O–H groups in total. The Morgan fingerprint density at radius 2 is 2.09 bits per heavy atom. The number of rotatable bonds is 6. The van der Waals surface area contributed by atoms with Crippen molar-refractivity contribution in [1.82, 2.24) is 9.88 Å². The van der Waals surface area contributed by atoms with Crippen LogP contribution >= 0.6 is 11.3 Å². The van der Waals surface area contributed by atoms with Gasteiger partial charge in [-0.1, -0.05) is 12.1 Å². The molecule has 1 heterocycles. The summed E-state index contributed by atoms with van der Waals surface area (Å²) in [7, 11) is 3.48. The van der Waals surface area contributed by atoms with E-state index in [1.807, 2.05) is 50.5 Å². The van der Waals surface area contributed by atoms with Crippen LogP contribution in [0.1, 0.15) is 23.2 Å². The molecule has 0 spiro atoms. The molecule has 0 radical (unpaired) electrons. The second kappa shape index (κ2) is 7.92. The number of amides is 1. The molecular weight excluding hydrogens is 308 g/mol. The highest BCUT2D eigenvalue weighted by Crippen LogP contribution is 2.15. The summed E-state index contributed by atoms with van der Waals surface area (Å²) in [5.41, 5.74) is 2.01. The number of methoxy groups -OCH3 is 1. The maximum Gasteiger partial charge on any atom is 0.246 e. The third-order valence-corrected chi connectivity index (χ3v) is 4.52. The van der Waals surface area contributed by atoms with Crippen LogP contribution in [0, 0.1) is 6.92 Å². The van der Waals surface area contributed by atoms with Crippen molar-refractivity contribution in [3.63, 3.8) is 0 Å². The largest absolute Gasteiger partial charge is 0.497 e. The summed E-state index contributed by atoms with van der Waals surface area (Å²) < 4.78 is 5.16. The molecule has 0 fully saturated rings. The first-order valence-electron chi connectivity index (χ1n) is 7.49. The highest BCUT2D eigenvalue weighted by atomic mass is 32.1. The van der Waals surface area contributed by atoms with Crippen LogP contribution in [0.15, 0.2) is 35.7 Å². The van der Waals surface area contributed by atoms with Gasteiger partial charge in [-0.25, -0.2) is 4.98 Å². The Hall–Kier alpha value is -2.14. The van der Waals surface area contributed by atoms with E-state index in [1.54, 1.807) is 35.5 Å². The number of benzene rings is 1. The van der Waals surface area contributed by atoms with Crippen molar-refractivity contribution in [3.05, 3.63) is 52.0 Å². The summed E-state index contributed by atoms with van der Waals surface area (Å²) in [5, 5.41) is 2.94. The fourth-order valence-electron chi connectivity index (χ4n) is 2.19. The van der Waals surface area contributed by atoms with Gasteiger partial charge in [0.1, 0.15) is 5.75 Å². The lowest BCUT2D eigenvalue weighted by molar-refractivity contribution is -0.126. The molecule has 0 saturated carbocycles. The van der Waals surface area contributed by atoms with Crippen LogP contribution in [0.5, 0.6) is 5.75 Å². The van der Waals surface area contributed by atoms with E-state index in [2.05, 4.69) is 4.98 Å². The molecule has 0 aliphatic rings. The quantitative estimate of drug-likeness (QED) is 0.761. The molecule has 0 bridgehead atoms. The van der Waals surface area contributed by atoms with Crippen LogP contribution < -0.4 is 4.74 Å². The first-order chi connectivity index (χ1) is 11.0. The van der Waals surface area contributed by atoms with Crippen LogP contribution in [-0.2, 0) is 11.2 Å². The van der Waals surface area contributed by atoms with Gasteiger partial charge in [0, 0.05) is 24.5 Å². The van der Waals surface area contributed by atoms with Crippen molar-refractivity contribution >= 4 is 23.3 Å². The van der Waals surface area contributed by atoms with Crippen LogP contribution in [0.2, 0.25) is 0 Å². The topological polar surface area (TPSA) is 42.4 Å². The molecule has 0 unspecified atom stereocenters. The fraction of sp³-hybridized carbons (Fsp3) is 0.333. The Balaban J connectivity index is 1.93. The van der Waals surface area contributed by atoms with Gasteiger partial charge in [0.2, 0.25) is 5.91 Å². The van der Waals surface area contributed by atoms with Crippen LogP contribution in [0.4, 0.5) is 0 Å². The summed E-state index contributed by atoms with van der Waals surface area (Å²) in [4.78, 5) is 18.3. The number of aryl methyl sites for hydroxylation is 1. The van der Waals surface area contributed by atoms with E-state index in [1.165, 1.54) is 5.56 Å². The van der Waals surface area contributed by atoms with Gasteiger partial charge in [-0.05, 0) is 44.0 Å². The lowest BCUT2D eigenvalue weighted by atomic mass is 10.1. The van der Waals surface area contributed by atoms with Gasteiger partial charge < -0.3 is 9.64 Å². The Kier molecular flexibility index (Phi) is 5.93. The first-order valence-corrected chi connectivity index (χ1v) is 8.37. The van der Waals surface area contributed by atoms with Crippen LogP contribution in [0.25, 0.3) is 6.08 Å². The normalized spacial score (nSPS) is 12.3. The molecule has 1 atom stereocenters. The van der Waals surface area contributed by atoms with Crippen molar-refractivity contribution in [1.29, 1.82) is 0 Å². The molecule has 4 nitrogen and oxygen atoms in total. The maximum atomic E-state index is 12.3. The standard InChI is InChI=1S/C18H22N2O2S/c1-13(11-15-5-8-17(22-4)9-6-15)20(3)18(21)10-7-16-12-23-14(2)19-16/h5-10,12-13H,11H2,1-4H3/b10-7+/t13-/m1/s1. The molecule has 2 aromatic rings. The van der Waals surface area contributed by atoms with Crippen LogP contribution in [-0.4, -0.2) is 36.0 Å². The minimum absolute atomic E-state index is 0.0170. The van der Waals surface area contributed by atoms with E-state index in [0.29, 0.717) is 0 Å². The molecule has 1 aromatic carbocycles. The first kappa shape index (κ1) is 17.2. The number of hydrogen-bond acceptors (Lipinski definition) is 4. The minimum Gasteiger partial charge on any atom is -0.497 e. The van der Waals surface area contributed by atoms with E-state index in [-0.39, 0.29) is 11.9 Å². The van der Waals surface area contributed by atoms with E-state index in [9.17, 15) is 4.79 Å². The van der Waals surface area contributed by atoms with Gasteiger partial charge in [-0.2, -0.15) is 0 Å².